The zero-order valence-corrected chi connectivity index (χ0v) is 16.5. The standard InChI is InChI=1S/C21H44O3/c1-3-5-7-9-11-12-14-16-18-24-21(20(23)19-22)17-15-13-10-8-6-4-2/h20-23H,3-19H2,1-2H3. The van der Waals surface area contributed by atoms with Gasteiger partial charge >= 0.3 is 0 Å². The van der Waals surface area contributed by atoms with E-state index in [4.69, 9.17) is 4.74 Å². The van der Waals surface area contributed by atoms with Crippen LogP contribution in [0.5, 0.6) is 0 Å². The number of aliphatic hydroxyl groups is 2. The molecule has 3 nitrogen and oxygen atoms in total. The first-order valence-electron chi connectivity index (χ1n) is 10.7. The average molecular weight is 345 g/mol. The Morgan fingerprint density at radius 1 is 0.667 bits per heavy atom. The molecular weight excluding hydrogens is 300 g/mol. The van der Waals surface area contributed by atoms with Crippen molar-refractivity contribution in [2.45, 2.75) is 122 Å². The Morgan fingerprint density at radius 3 is 1.62 bits per heavy atom. The van der Waals surface area contributed by atoms with Crippen LogP contribution in [0.1, 0.15) is 110 Å². The van der Waals surface area contributed by atoms with Gasteiger partial charge in [0.25, 0.3) is 0 Å². The number of hydrogen-bond acceptors (Lipinski definition) is 3. The predicted molar refractivity (Wildman–Crippen MR) is 103 cm³/mol. The Labute approximate surface area is 151 Å². The van der Waals surface area contributed by atoms with Gasteiger partial charge in [-0.25, -0.2) is 0 Å². The third-order valence-electron chi connectivity index (χ3n) is 4.79. The van der Waals surface area contributed by atoms with Crippen molar-refractivity contribution in [1.29, 1.82) is 0 Å². The van der Waals surface area contributed by atoms with Gasteiger partial charge in [-0.05, 0) is 12.8 Å². The predicted octanol–water partition coefficient (Wildman–Crippen LogP) is 5.62. The molecule has 0 amide bonds. The van der Waals surface area contributed by atoms with Crippen molar-refractivity contribution >= 4 is 0 Å². The molecule has 0 aliphatic rings. The maximum Gasteiger partial charge on any atom is 0.103 e. The van der Waals surface area contributed by atoms with Gasteiger partial charge in [0.05, 0.1) is 12.7 Å². The molecule has 146 valence electrons. The topological polar surface area (TPSA) is 49.7 Å². The summed E-state index contributed by atoms with van der Waals surface area (Å²) in [6, 6.07) is 0. The number of ether oxygens (including phenoxy) is 1. The molecule has 0 spiro atoms. The molecular formula is C21H44O3. The SMILES string of the molecule is CCCCCCCCCCOC(CCCCCCCC)C(O)CO. The van der Waals surface area contributed by atoms with Gasteiger partial charge in [0.15, 0.2) is 0 Å². The highest BCUT2D eigenvalue weighted by Crippen LogP contribution is 2.14. The Balaban J connectivity index is 3.61. The second-order valence-electron chi connectivity index (χ2n) is 7.19. The van der Waals surface area contributed by atoms with Gasteiger partial charge in [-0.3, -0.25) is 0 Å². The molecule has 0 aliphatic carbocycles. The van der Waals surface area contributed by atoms with Crippen molar-refractivity contribution in [3.05, 3.63) is 0 Å². The van der Waals surface area contributed by atoms with E-state index in [1.54, 1.807) is 0 Å². The highest BCUT2D eigenvalue weighted by Gasteiger charge is 2.18. The van der Waals surface area contributed by atoms with Crippen LogP contribution >= 0.6 is 0 Å². The van der Waals surface area contributed by atoms with Gasteiger partial charge in [0, 0.05) is 6.61 Å². The summed E-state index contributed by atoms with van der Waals surface area (Å²) in [6.07, 6.45) is 17.7. The molecule has 0 rings (SSSR count). The van der Waals surface area contributed by atoms with Crippen LogP contribution in [-0.2, 0) is 4.74 Å². The first-order chi connectivity index (χ1) is 11.8. The lowest BCUT2D eigenvalue weighted by Gasteiger charge is -2.22. The Hall–Kier alpha value is -0.120. The first kappa shape index (κ1) is 23.9. The van der Waals surface area contributed by atoms with Crippen molar-refractivity contribution in [2.75, 3.05) is 13.2 Å². The minimum absolute atomic E-state index is 0.189. The van der Waals surface area contributed by atoms with Crippen molar-refractivity contribution in [3.63, 3.8) is 0 Å². The van der Waals surface area contributed by atoms with Crippen LogP contribution in [0.2, 0.25) is 0 Å². The smallest absolute Gasteiger partial charge is 0.103 e. The zero-order valence-electron chi connectivity index (χ0n) is 16.5. The summed E-state index contributed by atoms with van der Waals surface area (Å²) >= 11 is 0. The Morgan fingerprint density at radius 2 is 1.12 bits per heavy atom. The molecule has 0 saturated heterocycles. The van der Waals surface area contributed by atoms with E-state index >= 15 is 0 Å². The fourth-order valence-electron chi connectivity index (χ4n) is 3.10. The molecule has 0 radical (unpaired) electrons. The minimum atomic E-state index is -0.727. The summed E-state index contributed by atoms with van der Waals surface area (Å²) < 4.78 is 5.86. The lowest BCUT2D eigenvalue weighted by molar-refractivity contribution is -0.0629. The quantitative estimate of drug-likeness (QED) is 0.299. The monoisotopic (exact) mass is 344 g/mol. The van der Waals surface area contributed by atoms with Crippen LogP contribution in [-0.4, -0.2) is 35.6 Å². The van der Waals surface area contributed by atoms with Gasteiger partial charge in [-0.1, -0.05) is 97.3 Å². The molecule has 0 aliphatic heterocycles. The summed E-state index contributed by atoms with van der Waals surface area (Å²) in [4.78, 5) is 0. The summed E-state index contributed by atoms with van der Waals surface area (Å²) in [5, 5.41) is 19.1. The number of hydrogen-bond donors (Lipinski definition) is 2. The Kier molecular flexibility index (Phi) is 19.1. The Bertz CT molecular complexity index is 233. The van der Waals surface area contributed by atoms with Gasteiger partial charge in [-0.2, -0.15) is 0 Å². The van der Waals surface area contributed by atoms with Gasteiger partial charge in [0.1, 0.15) is 6.10 Å². The number of aliphatic hydroxyl groups excluding tert-OH is 2. The number of rotatable bonds is 19. The third kappa shape index (κ3) is 15.4. The van der Waals surface area contributed by atoms with Crippen molar-refractivity contribution in [3.8, 4) is 0 Å². The lowest BCUT2D eigenvalue weighted by atomic mass is 10.0. The molecule has 0 heterocycles. The zero-order chi connectivity index (χ0) is 17.9. The van der Waals surface area contributed by atoms with Gasteiger partial charge < -0.3 is 14.9 Å². The van der Waals surface area contributed by atoms with Crippen LogP contribution in [0.25, 0.3) is 0 Å². The molecule has 0 saturated carbocycles. The normalized spacial score (nSPS) is 14.0. The second-order valence-corrected chi connectivity index (χ2v) is 7.19. The summed E-state index contributed by atoms with van der Waals surface area (Å²) in [5.41, 5.74) is 0. The fourth-order valence-corrected chi connectivity index (χ4v) is 3.10. The summed E-state index contributed by atoms with van der Waals surface area (Å²) in [5.74, 6) is 0. The molecule has 2 atom stereocenters. The minimum Gasteiger partial charge on any atom is -0.394 e. The van der Waals surface area contributed by atoms with E-state index in [0.29, 0.717) is 6.61 Å². The molecule has 0 bridgehead atoms. The summed E-state index contributed by atoms with van der Waals surface area (Å²) in [7, 11) is 0. The maximum atomic E-state index is 9.91. The summed E-state index contributed by atoms with van der Waals surface area (Å²) in [6.45, 7) is 5.00. The molecule has 3 heteroatoms. The van der Waals surface area contributed by atoms with E-state index < -0.39 is 6.10 Å². The van der Waals surface area contributed by atoms with E-state index in [9.17, 15) is 10.2 Å². The third-order valence-corrected chi connectivity index (χ3v) is 4.79. The highest BCUT2D eigenvalue weighted by atomic mass is 16.5. The molecule has 2 unspecified atom stereocenters. The first-order valence-corrected chi connectivity index (χ1v) is 10.7. The van der Waals surface area contributed by atoms with Crippen molar-refractivity contribution in [1.82, 2.24) is 0 Å². The maximum absolute atomic E-state index is 9.91. The van der Waals surface area contributed by atoms with Crippen LogP contribution < -0.4 is 0 Å². The highest BCUT2D eigenvalue weighted by molar-refractivity contribution is 4.68. The van der Waals surface area contributed by atoms with E-state index in [1.807, 2.05) is 0 Å². The lowest BCUT2D eigenvalue weighted by Crippen LogP contribution is -2.32. The molecule has 0 aromatic carbocycles. The van der Waals surface area contributed by atoms with Gasteiger partial charge in [-0.15, -0.1) is 0 Å². The molecule has 2 N–H and O–H groups in total. The van der Waals surface area contributed by atoms with Crippen LogP contribution in [0.3, 0.4) is 0 Å². The van der Waals surface area contributed by atoms with Crippen LogP contribution in [0.4, 0.5) is 0 Å². The molecule has 0 aromatic heterocycles. The van der Waals surface area contributed by atoms with E-state index in [1.165, 1.54) is 77.0 Å². The largest absolute Gasteiger partial charge is 0.394 e. The van der Waals surface area contributed by atoms with E-state index in [0.717, 1.165) is 19.3 Å². The van der Waals surface area contributed by atoms with E-state index in [-0.39, 0.29) is 12.7 Å². The number of unbranched alkanes of at least 4 members (excludes halogenated alkanes) is 12. The molecule has 24 heavy (non-hydrogen) atoms. The van der Waals surface area contributed by atoms with Crippen molar-refractivity contribution < 1.29 is 14.9 Å². The van der Waals surface area contributed by atoms with Crippen molar-refractivity contribution in [2.24, 2.45) is 0 Å². The van der Waals surface area contributed by atoms with Crippen LogP contribution in [0.15, 0.2) is 0 Å². The van der Waals surface area contributed by atoms with Crippen LogP contribution in [0, 0.1) is 0 Å². The molecule has 0 aromatic rings. The second kappa shape index (κ2) is 19.2. The van der Waals surface area contributed by atoms with Gasteiger partial charge in [0.2, 0.25) is 0 Å². The van der Waals surface area contributed by atoms with E-state index in [2.05, 4.69) is 13.8 Å². The average Bonchev–Trinajstić information content (AvgIpc) is 2.60. The molecule has 0 fully saturated rings. The fraction of sp³-hybridized carbons (Fsp3) is 1.00.